The quantitative estimate of drug-likeness (QED) is 0.281. The summed E-state index contributed by atoms with van der Waals surface area (Å²) in [5.41, 5.74) is 6.10. The van der Waals surface area contributed by atoms with Gasteiger partial charge < -0.3 is 26.4 Å². The fourth-order valence-electron chi connectivity index (χ4n) is 3.53. The molecule has 3 amide bonds. The summed E-state index contributed by atoms with van der Waals surface area (Å²) in [7, 11) is 0. The Labute approximate surface area is 199 Å². The van der Waals surface area contributed by atoms with Crippen LogP contribution in [0, 0.1) is 5.92 Å². The van der Waals surface area contributed by atoms with Crippen LogP contribution < -0.4 is 16.4 Å². The monoisotopic (exact) mass is 490 g/mol. The number of carbonyl (C=O) groups excluding carboxylic acids is 3. The summed E-state index contributed by atoms with van der Waals surface area (Å²) < 4.78 is 0. The molecule has 1 fully saturated rings. The molecule has 9 nitrogen and oxygen atoms in total. The summed E-state index contributed by atoms with van der Waals surface area (Å²) in [4.78, 5) is 51.7. The van der Waals surface area contributed by atoms with Gasteiger partial charge in [0.05, 0.1) is 6.04 Å². The molecule has 1 saturated heterocycles. The van der Waals surface area contributed by atoms with Crippen LogP contribution in [0.1, 0.15) is 46.0 Å². The van der Waals surface area contributed by atoms with E-state index in [4.69, 9.17) is 5.73 Å². The van der Waals surface area contributed by atoms with Gasteiger partial charge >= 0.3 is 5.97 Å². The van der Waals surface area contributed by atoms with Crippen LogP contribution >= 0.6 is 23.5 Å². The topological polar surface area (TPSA) is 142 Å². The van der Waals surface area contributed by atoms with E-state index in [0.29, 0.717) is 43.7 Å². The molecule has 0 radical (unpaired) electrons. The highest BCUT2D eigenvalue weighted by molar-refractivity contribution is 7.98. The van der Waals surface area contributed by atoms with Gasteiger partial charge in [-0.1, -0.05) is 20.3 Å². The minimum absolute atomic E-state index is 0.00107. The van der Waals surface area contributed by atoms with Gasteiger partial charge in [-0.05, 0) is 55.6 Å². The van der Waals surface area contributed by atoms with Crippen molar-refractivity contribution in [3.63, 3.8) is 0 Å². The molecule has 0 aromatic heterocycles. The Morgan fingerprint density at radius 1 is 1.09 bits per heavy atom. The van der Waals surface area contributed by atoms with Crippen molar-refractivity contribution in [1.29, 1.82) is 0 Å². The van der Waals surface area contributed by atoms with Gasteiger partial charge in [-0.25, -0.2) is 4.79 Å². The third-order valence-corrected chi connectivity index (χ3v) is 7.14. The van der Waals surface area contributed by atoms with Gasteiger partial charge in [-0.3, -0.25) is 14.4 Å². The fourth-order valence-corrected chi connectivity index (χ4v) is 4.47. The number of aliphatic carboxylic acids is 1. The van der Waals surface area contributed by atoms with E-state index in [2.05, 4.69) is 10.6 Å². The van der Waals surface area contributed by atoms with Crippen LogP contribution in [-0.4, -0.2) is 88.4 Å². The van der Waals surface area contributed by atoms with Gasteiger partial charge in [0.25, 0.3) is 0 Å². The van der Waals surface area contributed by atoms with Crippen molar-refractivity contribution in [3.05, 3.63) is 0 Å². The van der Waals surface area contributed by atoms with Crippen molar-refractivity contribution in [2.75, 3.05) is 30.6 Å². The molecule has 1 aliphatic rings. The maximum atomic E-state index is 13.0. The predicted molar refractivity (Wildman–Crippen MR) is 130 cm³/mol. The number of nitrogens with zero attached hydrogens (tertiary/aromatic N) is 1. The Bertz CT molecular complexity index is 652. The molecule has 11 heteroatoms. The Morgan fingerprint density at radius 2 is 1.69 bits per heavy atom. The second-order valence-corrected chi connectivity index (χ2v) is 10.1. The molecule has 32 heavy (non-hydrogen) atoms. The SMILES string of the molecule is CCC(C)C(N)C(=O)N1CCCC1C(=O)NC(CCSC)C(=O)NC(CCSC)C(=O)O. The van der Waals surface area contributed by atoms with Crippen LogP contribution in [0.15, 0.2) is 0 Å². The first kappa shape index (κ1) is 28.6. The van der Waals surface area contributed by atoms with Crippen molar-refractivity contribution in [1.82, 2.24) is 15.5 Å². The number of rotatable bonds is 14. The van der Waals surface area contributed by atoms with E-state index in [1.165, 1.54) is 28.4 Å². The molecule has 5 atom stereocenters. The van der Waals surface area contributed by atoms with Crippen LogP contribution in [0.2, 0.25) is 0 Å². The summed E-state index contributed by atoms with van der Waals surface area (Å²) in [6, 6.07) is -3.22. The lowest BCUT2D eigenvalue weighted by atomic mass is 9.98. The third kappa shape index (κ3) is 8.47. The molecule has 0 aromatic carbocycles. The van der Waals surface area contributed by atoms with Crippen LogP contribution in [0.4, 0.5) is 0 Å². The maximum Gasteiger partial charge on any atom is 0.326 e. The van der Waals surface area contributed by atoms with Gasteiger partial charge in [-0.2, -0.15) is 23.5 Å². The summed E-state index contributed by atoms with van der Waals surface area (Å²) in [5, 5.41) is 14.7. The average Bonchev–Trinajstić information content (AvgIpc) is 3.27. The fraction of sp³-hybridized carbons (Fsp3) is 0.810. The number of hydrogen-bond acceptors (Lipinski definition) is 7. The maximum absolute atomic E-state index is 13.0. The van der Waals surface area contributed by atoms with Gasteiger partial charge in [0.2, 0.25) is 17.7 Å². The van der Waals surface area contributed by atoms with Crippen molar-refractivity contribution >= 4 is 47.2 Å². The zero-order chi connectivity index (χ0) is 24.3. The largest absolute Gasteiger partial charge is 0.480 e. The molecule has 0 aromatic rings. The summed E-state index contributed by atoms with van der Waals surface area (Å²) in [6.07, 6.45) is 6.37. The number of carbonyl (C=O) groups is 4. The minimum Gasteiger partial charge on any atom is -0.480 e. The van der Waals surface area contributed by atoms with Crippen LogP contribution in [-0.2, 0) is 19.2 Å². The van der Waals surface area contributed by atoms with Gasteiger partial charge in [-0.15, -0.1) is 0 Å². The van der Waals surface area contributed by atoms with Crippen LogP contribution in [0.3, 0.4) is 0 Å². The first-order valence-electron chi connectivity index (χ1n) is 11.0. The molecule has 0 saturated carbocycles. The molecule has 184 valence electrons. The molecule has 0 bridgehead atoms. The van der Waals surface area contributed by atoms with E-state index in [1.807, 2.05) is 26.4 Å². The van der Waals surface area contributed by atoms with Crippen molar-refractivity contribution in [3.8, 4) is 0 Å². The number of amides is 3. The molecular formula is C21H38N4O5S2. The second-order valence-electron chi connectivity index (χ2n) is 8.12. The van der Waals surface area contributed by atoms with Crippen LogP contribution in [0.25, 0.3) is 0 Å². The zero-order valence-electron chi connectivity index (χ0n) is 19.5. The normalized spacial score (nSPS) is 19.7. The number of carboxylic acids is 1. The lowest BCUT2D eigenvalue weighted by Crippen LogP contribution is -2.57. The molecule has 1 rings (SSSR count). The number of nitrogens with one attached hydrogen (secondary N) is 2. The van der Waals surface area contributed by atoms with Gasteiger partial charge in [0.15, 0.2) is 0 Å². The summed E-state index contributed by atoms with van der Waals surface area (Å²) in [5.74, 6) is -1.06. The summed E-state index contributed by atoms with van der Waals surface area (Å²) >= 11 is 3.03. The van der Waals surface area contributed by atoms with Crippen LogP contribution in [0.5, 0.6) is 0 Å². The Balaban J connectivity index is 2.88. The van der Waals surface area contributed by atoms with Crippen molar-refractivity contribution < 1.29 is 24.3 Å². The van der Waals surface area contributed by atoms with Gasteiger partial charge in [0, 0.05) is 6.54 Å². The van der Waals surface area contributed by atoms with Crippen molar-refractivity contribution in [2.45, 2.75) is 70.1 Å². The lowest BCUT2D eigenvalue weighted by Gasteiger charge is -2.30. The molecular weight excluding hydrogens is 452 g/mol. The first-order valence-corrected chi connectivity index (χ1v) is 13.8. The average molecular weight is 491 g/mol. The predicted octanol–water partition coefficient (Wildman–Crippen LogP) is 0.911. The number of carboxylic acid groups (broad SMARTS) is 1. The molecule has 0 spiro atoms. The Kier molecular flexibility index (Phi) is 13.1. The lowest BCUT2D eigenvalue weighted by molar-refractivity contribution is -0.143. The molecule has 5 N–H and O–H groups in total. The minimum atomic E-state index is -1.10. The Hall–Kier alpha value is -1.46. The van der Waals surface area contributed by atoms with E-state index in [0.717, 1.165) is 6.42 Å². The smallest absolute Gasteiger partial charge is 0.326 e. The van der Waals surface area contributed by atoms with E-state index >= 15 is 0 Å². The number of likely N-dealkylation sites (tertiary alicyclic amines) is 1. The number of thioether (sulfide) groups is 2. The van der Waals surface area contributed by atoms with E-state index in [-0.39, 0.29) is 11.8 Å². The third-order valence-electron chi connectivity index (χ3n) is 5.85. The molecule has 1 aliphatic heterocycles. The number of hydrogen-bond donors (Lipinski definition) is 4. The van der Waals surface area contributed by atoms with E-state index in [1.54, 1.807) is 0 Å². The summed E-state index contributed by atoms with van der Waals surface area (Å²) in [6.45, 7) is 4.33. The molecule has 5 unspecified atom stereocenters. The zero-order valence-corrected chi connectivity index (χ0v) is 21.1. The van der Waals surface area contributed by atoms with E-state index in [9.17, 15) is 24.3 Å². The number of nitrogens with two attached hydrogens (primary N) is 1. The standard InChI is InChI=1S/C21H38N4O5S2/c1-5-13(2)17(22)20(28)25-10-6-7-16(25)19(27)23-14(8-11-31-3)18(26)24-15(21(29)30)9-12-32-4/h13-17H,5-12,22H2,1-4H3,(H,23,27)(H,24,26)(H,29,30). The molecule has 1 heterocycles. The highest BCUT2D eigenvalue weighted by Crippen LogP contribution is 2.21. The van der Waals surface area contributed by atoms with Crippen molar-refractivity contribution in [2.24, 2.45) is 11.7 Å². The highest BCUT2D eigenvalue weighted by Gasteiger charge is 2.38. The first-order chi connectivity index (χ1) is 15.2. The molecule has 0 aliphatic carbocycles. The second kappa shape index (κ2) is 14.6. The highest BCUT2D eigenvalue weighted by atomic mass is 32.2. The van der Waals surface area contributed by atoms with Gasteiger partial charge in [0.1, 0.15) is 18.1 Å². The Morgan fingerprint density at radius 3 is 2.22 bits per heavy atom. The van der Waals surface area contributed by atoms with E-state index < -0.39 is 42.0 Å².